The molecule has 2 atom stereocenters. The lowest BCUT2D eigenvalue weighted by Crippen LogP contribution is -2.30. The lowest BCUT2D eigenvalue weighted by atomic mass is 9.98. The van der Waals surface area contributed by atoms with Crippen molar-refractivity contribution < 1.29 is 29.4 Å². The third-order valence-electron chi connectivity index (χ3n) is 14.1. The highest BCUT2D eigenvalue weighted by molar-refractivity contribution is 6.07. The van der Waals surface area contributed by atoms with Crippen LogP contribution in [0.3, 0.4) is 0 Å². The van der Waals surface area contributed by atoms with Gasteiger partial charge in [-0.3, -0.25) is 38.5 Å². The fraction of sp³-hybridized carbons (Fsp3) is 0.280. The topological polar surface area (TPSA) is 328 Å². The van der Waals surface area contributed by atoms with E-state index in [-0.39, 0.29) is 36.3 Å². The number of carbonyl (C=O) groups is 4. The van der Waals surface area contributed by atoms with Crippen LogP contribution in [0.1, 0.15) is 47.8 Å². The van der Waals surface area contributed by atoms with E-state index < -0.39 is 23.0 Å². The third-order valence-corrected chi connectivity index (χ3v) is 14.1. The van der Waals surface area contributed by atoms with Gasteiger partial charge in [0.25, 0.3) is 11.8 Å². The molecule has 0 bridgehead atoms. The molecule has 8 aromatic rings. The van der Waals surface area contributed by atoms with Crippen molar-refractivity contribution in [2.24, 2.45) is 0 Å². The number of aromatic nitrogens is 10. The zero-order valence-electron chi connectivity index (χ0n) is 41.1. The maximum absolute atomic E-state index is 12.2. The number of pyridine rings is 6. The molecule has 24 heteroatoms. The van der Waals surface area contributed by atoms with Crippen molar-refractivity contribution in [2.45, 2.75) is 64.8 Å². The number of fused-ring (bicyclic) bond motifs is 6. The van der Waals surface area contributed by atoms with Gasteiger partial charge in [-0.2, -0.15) is 10.2 Å². The van der Waals surface area contributed by atoms with E-state index in [1.54, 1.807) is 58.0 Å². The van der Waals surface area contributed by atoms with Gasteiger partial charge in [0.15, 0.2) is 22.8 Å². The van der Waals surface area contributed by atoms with E-state index in [0.29, 0.717) is 92.7 Å². The first-order valence-electron chi connectivity index (χ1n) is 23.6. The molecular weight excluding hydrogens is 949 g/mol. The minimum absolute atomic E-state index is 0.0206. The Hall–Kier alpha value is -9.16. The summed E-state index contributed by atoms with van der Waals surface area (Å²) in [6, 6.07) is 11.3. The Morgan fingerprint density at radius 3 is 1.39 bits per heavy atom. The zero-order valence-corrected chi connectivity index (χ0v) is 41.1. The minimum Gasteiger partial charge on any atom is -0.383 e. The lowest BCUT2D eigenvalue weighted by Gasteiger charge is -2.15. The Kier molecular flexibility index (Phi) is 11.0. The number of hydrogen-bond donors (Lipinski definition) is 8. The van der Waals surface area contributed by atoms with Crippen molar-refractivity contribution in [1.29, 1.82) is 0 Å². The summed E-state index contributed by atoms with van der Waals surface area (Å²) in [5.74, 6) is 1.94. The molecule has 0 saturated carbocycles. The molecule has 24 nitrogen and oxygen atoms in total. The molecule has 8 aromatic heterocycles. The Balaban J connectivity index is 0.000000159. The first-order valence-corrected chi connectivity index (χ1v) is 23.6. The molecule has 12 heterocycles. The molecule has 0 aromatic carbocycles. The molecule has 4 amide bonds. The molecule has 10 N–H and O–H groups in total. The summed E-state index contributed by atoms with van der Waals surface area (Å²) in [6.07, 6.45) is 7.92. The first-order chi connectivity index (χ1) is 35.2. The number of hydrogen-bond acceptors (Lipinski definition) is 18. The second-order valence-corrected chi connectivity index (χ2v) is 19.2. The number of carbonyl (C=O) groups excluding carboxylic acids is 4. The van der Waals surface area contributed by atoms with Gasteiger partial charge >= 0.3 is 0 Å². The van der Waals surface area contributed by atoms with E-state index in [9.17, 15) is 29.4 Å². The molecule has 0 unspecified atom stereocenters. The maximum atomic E-state index is 12.2. The lowest BCUT2D eigenvalue weighted by molar-refractivity contribution is -0.132. The van der Waals surface area contributed by atoms with Gasteiger partial charge in [-0.25, -0.2) is 19.9 Å². The van der Waals surface area contributed by atoms with Crippen molar-refractivity contribution in [3.8, 4) is 22.5 Å². The number of anilines is 8. The van der Waals surface area contributed by atoms with Crippen LogP contribution in [0, 0.1) is 13.8 Å². The van der Waals surface area contributed by atoms with Gasteiger partial charge in [0.1, 0.15) is 47.7 Å². The van der Waals surface area contributed by atoms with E-state index in [0.717, 1.165) is 46.1 Å². The van der Waals surface area contributed by atoms with Crippen LogP contribution < -0.4 is 32.7 Å². The van der Waals surface area contributed by atoms with Crippen LogP contribution in [0.25, 0.3) is 44.1 Å². The number of rotatable bonds is 6. The molecule has 0 fully saturated rings. The maximum Gasteiger partial charge on any atom is 0.262 e. The second kappa shape index (κ2) is 17.3. The van der Waals surface area contributed by atoms with Crippen molar-refractivity contribution >= 4 is 91.5 Å². The number of nitrogens with zero attached hydrogens (tertiary/aromatic N) is 12. The van der Waals surface area contributed by atoms with Gasteiger partial charge in [-0.05, 0) is 73.9 Å². The molecule has 74 heavy (non-hydrogen) atoms. The number of aliphatic hydroxyl groups is 2. The first kappa shape index (κ1) is 47.2. The average Bonchev–Trinajstić information content (AvgIpc) is 4.01. The summed E-state index contributed by atoms with van der Waals surface area (Å²) in [7, 11) is 3.59. The Bertz CT molecular complexity index is 3490. The van der Waals surface area contributed by atoms with E-state index >= 15 is 0 Å². The van der Waals surface area contributed by atoms with E-state index in [1.165, 1.54) is 13.8 Å². The highest BCUT2D eigenvalue weighted by Crippen LogP contribution is 2.42. The number of nitrogens with two attached hydrogens (primary N) is 2. The molecule has 0 saturated heterocycles. The highest BCUT2D eigenvalue weighted by atomic mass is 16.3. The van der Waals surface area contributed by atoms with Gasteiger partial charge in [-0.15, -0.1) is 0 Å². The largest absolute Gasteiger partial charge is 0.383 e. The molecule has 4 aliphatic heterocycles. The fourth-order valence-electron chi connectivity index (χ4n) is 9.50. The van der Waals surface area contributed by atoms with E-state index in [1.807, 2.05) is 50.2 Å². The molecular formula is C50H50N18O6. The SMILES string of the molecule is Cc1c(-c2cc3cc(Nc4cc5n(n4)CC(=O)N(C)CC5)ncc3c(N)n2)cnc2c1NC(=O)[C@@]2(C)O.Cc1c(-c2cc3cc(Nc4cc5n(n4)CC(=O)N(C)CC5)ncc3c(N)n2)cnc2c1NC(=O)[C@]2(C)O. The quantitative estimate of drug-likeness (QED) is 0.118. The number of nitrogen functional groups attached to an aromatic ring is 2. The number of nitrogens with one attached hydrogen (secondary N) is 4. The summed E-state index contributed by atoms with van der Waals surface area (Å²) in [5.41, 5.74) is 16.7. The van der Waals surface area contributed by atoms with Crippen LogP contribution >= 0.6 is 0 Å². The van der Waals surface area contributed by atoms with Crippen LogP contribution in [0.2, 0.25) is 0 Å². The summed E-state index contributed by atoms with van der Waals surface area (Å²) in [6.45, 7) is 8.21. The summed E-state index contributed by atoms with van der Waals surface area (Å²) < 4.78 is 3.43. The highest BCUT2D eigenvalue weighted by Gasteiger charge is 2.45. The van der Waals surface area contributed by atoms with Crippen molar-refractivity contribution in [3.05, 3.63) is 95.1 Å². The monoisotopic (exact) mass is 998 g/mol. The standard InChI is InChI=1S/2C25H25N9O3/c2*1-12-15(9-28-22-21(12)31-24(36)25(22,2)37)17-6-13-7-18(27-10-16(13)23(26)29-17)30-19-8-14-4-5-33(3)20(35)11-34(14)32-19/h2*6-10,37H,4-5,11H2,1-3H3,(H2,26,29)(H,31,36)(H,27,30,32)/t2*25-/m10/s1. The van der Waals surface area contributed by atoms with Crippen LogP contribution in [0.15, 0.2) is 61.2 Å². The molecule has 4 aliphatic rings. The summed E-state index contributed by atoms with van der Waals surface area (Å²) >= 11 is 0. The average molecular weight is 999 g/mol. The van der Waals surface area contributed by atoms with E-state index in [2.05, 4.69) is 61.4 Å². The van der Waals surface area contributed by atoms with Crippen molar-refractivity contribution in [2.75, 3.05) is 59.9 Å². The second-order valence-electron chi connectivity index (χ2n) is 19.2. The molecule has 0 spiro atoms. The predicted octanol–water partition coefficient (Wildman–Crippen LogP) is 3.39. The Morgan fingerprint density at radius 2 is 0.986 bits per heavy atom. The van der Waals surface area contributed by atoms with Gasteiger partial charge in [-0.1, -0.05) is 0 Å². The Labute approximate surface area is 421 Å². The van der Waals surface area contributed by atoms with Crippen LogP contribution in [0.5, 0.6) is 0 Å². The van der Waals surface area contributed by atoms with Gasteiger partial charge in [0, 0.05) is 110 Å². The number of amides is 4. The van der Waals surface area contributed by atoms with Crippen LogP contribution in [-0.2, 0) is 56.3 Å². The Morgan fingerprint density at radius 1 is 0.581 bits per heavy atom. The predicted molar refractivity (Wildman–Crippen MR) is 274 cm³/mol. The molecule has 376 valence electrons. The van der Waals surface area contributed by atoms with E-state index in [4.69, 9.17) is 11.5 Å². The van der Waals surface area contributed by atoms with Crippen molar-refractivity contribution in [3.63, 3.8) is 0 Å². The van der Waals surface area contributed by atoms with Crippen LogP contribution in [-0.4, -0.2) is 120 Å². The van der Waals surface area contributed by atoms with Gasteiger partial charge in [0.05, 0.1) is 22.8 Å². The fourth-order valence-corrected chi connectivity index (χ4v) is 9.50. The van der Waals surface area contributed by atoms with Gasteiger partial charge in [0.2, 0.25) is 11.8 Å². The van der Waals surface area contributed by atoms with Crippen LogP contribution in [0.4, 0.5) is 46.3 Å². The van der Waals surface area contributed by atoms with Crippen molar-refractivity contribution in [1.82, 2.24) is 59.3 Å². The number of likely N-dealkylation sites (N-methyl/N-ethyl adjacent to an activating group) is 2. The minimum atomic E-state index is -1.69. The molecule has 0 radical (unpaired) electrons. The normalized spacial score (nSPS) is 19.0. The summed E-state index contributed by atoms with van der Waals surface area (Å²) in [5, 5.41) is 44.9. The smallest absolute Gasteiger partial charge is 0.262 e. The molecule has 0 aliphatic carbocycles. The summed E-state index contributed by atoms with van der Waals surface area (Å²) in [4.78, 5) is 78.9. The van der Waals surface area contributed by atoms with Gasteiger partial charge < -0.3 is 52.7 Å². The molecule has 12 rings (SSSR count). The zero-order chi connectivity index (χ0) is 52.1. The third kappa shape index (κ3) is 8.04.